The highest BCUT2D eigenvalue weighted by atomic mass is 32.1. The van der Waals surface area contributed by atoms with Crippen molar-refractivity contribution in [2.45, 2.75) is 33.3 Å². The SMILES string of the molecule is C=CCCOC(C)C(=O)Nc1nc(-c2ccc(C)s2)c(C)s1. The Morgan fingerprint density at radius 3 is 2.86 bits per heavy atom. The van der Waals surface area contributed by atoms with Crippen molar-refractivity contribution in [2.75, 3.05) is 11.9 Å². The second-order valence-electron chi connectivity index (χ2n) is 4.91. The van der Waals surface area contributed by atoms with Crippen molar-refractivity contribution in [3.63, 3.8) is 0 Å². The Kier molecular flexibility index (Phi) is 5.88. The predicted molar refractivity (Wildman–Crippen MR) is 93.8 cm³/mol. The summed E-state index contributed by atoms with van der Waals surface area (Å²) in [5, 5.41) is 3.44. The topological polar surface area (TPSA) is 51.2 Å². The van der Waals surface area contributed by atoms with Crippen LogP contribution in [0.5, 0.6) is 0 Å². The molecule has 0 spiro atoms. The van der Waals surface area contributed by atoms with Crippen LogP contribution in [0.4, 0.5) is 5.13 Å². The Hall–Kier alpha value is -1.50. The summed E-state index contributed by atoms with van der Waals surface area (Å²) < 4.78 is 5.44. The molecule has 0 aromatic carbocycles. The molecule has 2 aromatic rings. The van der Waals surface area contributed by atoms with E-state index in [-0.39, 0.29) is 5.91 Å². The highest BCUT2D eigenvalue weighted by molar-refractivity contribution is 7.18. The van der Waals surface area contributed by atoms with E-state index < -0.39 is 6.10 Å². The molecule has 0 radical (unpaired) electrons. The van der Waals surface area contributed by atoms with Crippen LogP contribution in [0.15, 0.2) is 24.8 Å². The maximum Gasteiger partial charge on any atom is 0.254 e. The minimum absolute atomic E-state index is 0.174. The molecule has 2 aromatic heterocycles. The lowest BCUT2D eigenvalue weighted by molar-refractivity contribution is -0.126. The van der Waals surface area contributed by atoms with E-state index in [0.29, 0.717) is 11.7 Å². The van der Waals surface area contributed by atoms with Crippen molar-refractivity contribution in [2.24, 2.45) is 0 Å². The second kappa shape index (κ2) is 7.67. The molecule has 118 valence electrons. The fourth-order valence-corrected chi connectivity index (χ4v) is 3.66. The summed E-state index contributed by atoms with van der Waals surface area (Å²) in [7, 11) is 0. The van der Waals surface area contributed by atoms with Crippen LogP contribution in [0.1, 0.15) is 23.1 Å². The van der Waals surface area contributed by atoms with Gasteiger partial charge < -0.3 is 4.74 Å². The smallest absolute Gasteiger partial charge is 0.254 e. The zero-order chi connectivity index (χ0) is 16.1. The number of rotatable bonds is 7. The zero-order valence-electron chi connectivity index (χ0n) is 13.0. The number of ether oxygens (including phenoxy) is 1. The average molecular weight is 336 g/mol. The summed E-state index contributed by atoms with van der Waals surface area (Å²) in [6.07, 6.45) is 2.00. The van der Waals surface area contributed by atoms with E-state index in [1.807, 2.05) is 6.92 Å². The molecule has 22 heavy (non-hydrogen) atoms. The normalized spacial score (nSPS) is 12.1. The first kappa shape index (κ1) is 16.9. The predicted octanol–water partition coefficient (Wildman–Crippen LogP) is 4.41. The van der Waals surface area contributed by atoms with Crippen LogP contribution in [-0.2, 0) is 9.53 Å². The number of aryl methyl sites for hydroxylation is 2. The number of amides is 1. The maximum absolute atomic E-state index is 12.1. The van der Waals surface area contributed by atoms with E-state index >= 15 is 0 Å². The lowest BCUT2D eigenvalue weighted by atomic mass is 10.3. The van der Waals surface area contributed by atoms with Gasteiger partial charge in [0, 0.05) is 9.75 Å². The van der Waals surface area contributed by atoms with Crippen molar-refractivity contribution in [1.29, 1.82) is 0 Å². The van der Waals surface area contributed by atoms with Gasteiger partial charge in [0.2, 0.25) is 0 Å². The lowest BCUT2D eigenvalue weighted by Gasteiger charge is -2.11. The van der Waals surface area contributed by atoms with Crippen molar-refractivity contribution in [1.82, 2.24) is 4.98 Å². The number of hydrogen-bond donors (Lipinski definition) is 1. The number of thiophene rings is 1. The number of nitrogens with one attached hydrogen (secondary N) is 1. The highest BCUT2D eigenvalue weighted by Gasteiger charge is 2.17. The van der Waals surface area contributed by atoms with Crippen molar-refractivity contribution >= 4 is 33.7 Å². The molecule has 0 aliphatic heterocycles. The van der Waals surface area contributed by atoms with Crippen LogP contribution >= 0.6 is 22.7 Å². The van der Waals surface area contributed by atoms with Crippen molar-refractivity contribution < 1.29 is 9.53 Å². The number of carbonyl (C=O) groups excluding carboxylic acids is 1. The molecule has 2 heterocycles. The van der Waals surface area contributed by atoms with Crippen LogP contribution < -0.4 is 5.32 Å². The third-order valence-corrected chi connectivity index (χ3v) is 4.95. The number of hydrogen-bond acceptors (Lipinski definition) is 5. The number of thiazole rings is 1. The van der Waals surface area contributed by atoms with Gasteiger partial charge in [0.1, 0.15) is 6.10 Å². The summed E-state index contributed by atoms with van der Waals surface area (Å²) in [4.78, 5) is 20.1. The van der Waals surface area contributed by atoms with Crippen LogP contribution in [0.25, 0.3) is 10.6 Å². The van der Waals surface area contributed by atoms with Gasteiger partial charge in [-0.1, -0.05) is 6.08 Å². The molecule has 0 fully saturated rings. The quantitative estimate of drug-likeness (QED) is 0.602. The Bertz CT molecular complexity index is 661. The molecule has 1 N–H and O–H groups in total. The highest BCUT2D eigenvalue weighted by Crippen LogP contribution is 2.34. The summed E-state index contributed by atoms with van der Waals surface area (Å²) in [5.41, 5.74) is 0.943. The van der Waals surface area contributed by atoms with E-state index in [4.69, 9.17) is 4.74 Å². The van der Waals surface area contributed by atoms with Crippen LogP contribution in [0.3, 0.4) is 0 Å². The van der Waals surface area contributed by atoms with E-state index in [0.717, 1.165) is 21.9 Å². The Labute approximate surface area is 138 Å². The molecule has 0 bridgehead atoms. The molecule has 1 amide bonds. The lowest BCUT2D eigenvalue weighted by Crippen LogP contribution is -2.27. The number of anilines is 1. The van der Waals surface area contributed by atoms with Gasteiger partial charge in [-0.05, 0) is 39.3 Å². The van der Waals surface area contributed by atoms with E-state index in [9.17, 15) is 4.79 Å². The minimum Gasteiger partial charge on any atom is -0.368 e. The molecule has 6 heteroatoms. The first-order valence-corrected chi connectivity index (χ1v) is 8.72. The molecule has 1 unspecified atom stereocenters. The van der Waals surface area contributed by atoms with Gasteiger partial charge >= 0.3 is 0 Å². The Morgan fingerprint density at radius 2 is 2.23 bits per heavy atom. The molecule has 2 rings (SSSR count). The van der Waals surface area contributed by atoms with Gasteiger partial charge in [-0.15, -0.1) is 29.3 Å². The fraction of sp³-hybridized carbons (Fsp3) is 0.375. The molecule has 0 saturated carbocycles. The largest absolute Gasteiger partial charge is 0.368 e. The first-order chi connectivity index (χ1) is 10.5. The number of aromatic nitrogens is 1. The minimum atomic E-state index is -0.503. The fourth-order valence-electron chi connectivity index (χ4n) is 1.85. The van der Waals surface area contributed by atoms with Gasteiger partial charge in [0.15, 0.2) is 5.13 Å². The average Bonchev–Trinajstić information content (AvgIpc) is 3.05. The molecule has 0 saturated heterocycles. The van der Waals surface area contributed by atoms with Crippen molar-refractivity contribution in [3.05, 3.63) is 34.5 Å². The van der Waals surface area contributed by atoms with Gasteiger partial charge in [0.05, 0.1) is 17.2 Å². The second-order valence-corrected chi connectivity index (χ2v) is 7.40. The van der Waals surface area contributed by atoms with Crippen LogP contribution in [-0.4, -0.2) is 23.6 Å². The van der Waals surface area contributed by atoms with Gasteiger partial charge in [-0.25, -0.2) is 4.98 Å². The Morgan fingerprint density at radius 1 is 1.45 bits per heavy atom. The van der Waals surface area contributed by atoms with E-state index in [1.165, 1.54) is 16.2 Å². The summed E-state index contributed by atoms with van der Waals surface area (Å²) in [6.45, 7) is 9.94. The van der Waals surface area contributed by atoms with Crippen LogP contribution in [0, 0.1) is 13.8 Å². The summed E-state index contributed by atoms with van der Waals surface area (Å²) in [5.74, 6) is -0.174. The molecular formula is C16H20N2O2S2. The third kappa shape index (κ3) is 4.25. The number of carbonyl (C=O) groups is 1. The standard InChI is InChI=1S/C16H20N2O2S2/c1-5-6-9-20-11(3)15(19)18-16-17-14(12(4)22-16)13-8-7-10(2)21-13/h5,7-8,11H,1,6,9H2,2-4H3,(H,17,18,19). The monoisotopic (exact) mass is 336 g/mol. The summed E-state index contributed by atoms with van der Waals surface area (Å²) in [6, 6.07) is 4.14. The molecule has 0 aliphatic rings. The molecule has 0 aliphatic carbocycles. The maximum atomic E-state index is 12.1. The zero-order valence-corrected chi connectivity index (χ0v) is 14.6. The first-order valence-electron chi connectivity index (χ1n) is 7.09. The van der Waals surface area contributed by atoms with E-state index in [2.05, 4.69) is 35.9 Å². The molecular weight excluding hydrogens is 316 g/mol. The van der Waals surface area contributed by atoms with Gasteiger partial charge in [0.25, 0.3) is 5.91 Å². The Balaban J connectivity index is 2.01. The summed E-state index contributed by atoms with van der Waals surface area (Å²) >= 11 is 3.19. The van der Waals surface area contributed by atoms with E-state index in [1.54, 1.807) is 24.3 Å². The number of nitrogens with zero attached hydrogens (tertiary/aromatic N) is 1. The molecule has 1 atom stereocenters. The van der Waals surface area contributed by atoms with Gasteiger partial charge in [-0.3, -0.25) is 10.1 Å². The van der Waals surface area contributed by atoms with Crippen LogP contribution in [0.2, 0.25) is 0 Å². The van der Waals surface area contributed by atoms with Gasteiger partial charge in [-0.2, -0.15) is 0 Å². The molecule has 4 nitrogen and oxygen atoms in total. The van der Waals surface area contributed by atoms with Crippen molar-refractivity contribution in [3.8, 4) is 10.6 Å². The third-order valence-electron chi connectivity index (χ3n) is 3.06.